The quantitative estimate of drug-likeness (QED) is 0.657. The van der Waals surface area contributed by atoms with Crippen molar-refractivity contribution in [2.24, 2.45) is 11.1 Å². The van der Waals surface area contributed by atoms with Gasteiger partial charge in [-0.2, -0.15) is 13.2 Å². The number of thioether (sulfide) groups is 1. The van der Waals surface area contributed by atoms with Crippen LogP contribution in [0.3, 0.4) is 0 Å². The lowest BCUT2D eigenvalue weighted by Gasteiger charge is -2.29. The lowest BCUT2D eigenvalue weighted by molar-refractivity contribution is -0.152. The maximum Gasteiger partial charge on any atom is 0.446 e. The van der Waals surface area contributed by atoms with E-state index in [1.54, 1.807) is 0 Å². The average Bonchev–Trinajstić information content (AvgIpc) is 2.37. The van der Waals surface area contributed by atoms with Crippen molar-refractivity contribution in [1.29, 1.82) is 0 Å². The van der Waals surface area contributed by atoms with Crippen molar-refractivity contribution in [3.63, 3.8) is 0 Å². The van der Waals surface area contributed by atoms with Gasteiger partial charge in [0.25, 0.3) is 0 Å². The summed E-state index contributed by atoms with van der Waals surface area (Å²) in [7, 11) is 1.19. The van der Waals surface area contributed by atoms with Crippen molar-refractivity contribution in [3.05, 3.63) is 23.8 Å². The monoisotopic (exact) mass is 323 g/mol. The van der Waals surface area contributed by atoms with E-state index in [4.69, 9.17) is 5.73 Å². The van der Waals surface area contributed by atoms with Gasteiger partial charge in [0.1, 0.15) is 5.75 Å². The van der Waals surface area contributed by atoms with E-state index in [9.17, 15) is 23.1 Å². The third-order valence-electron chi connectivity index (χ3n) is 3.06. The summed E-state index contributed by atoms with van der Waals surface area (Å²) >= 11 is -0.317. The Balaban J connectivity index is 3.17. The Morgan fingerprint density at radius 2 is 1.95 bits per heavy atom. The molecule has 4 nitrogen and oxygen atoms in total. The standard InChI is InChI=1S/C13H16F3NO3S/c1-12(2,11(19)20-3)10(17)8-6-7(4-5-9(8)18)21-13(14,15)16/h4-6,10,18H,17H2,1-3H3/t10-/m1/s1. The topological polar surface area (TPSA) is 72.5 Å². The fourth-order valence-electron chi connectivity index (χ4n) is 1.76. The first-order chi connectivity index (χ1) is 9.49. The Labute approximate surface area is 124 Å². The van der Waals surface area contributed by atoms with Crippen molar-refractivity contribution in [1.82, 2.24) is 0 Å². The van der Waals surface area contributed by atoms with E-state index in [2.05, 4.69) is 4.74 Å². The van der Waals surface area contributed by atoms with Crippen molar-refractivity contribution in [2.75, 3.05) is 7.11 Å². The van der Waals surface area contributed by atoms with Gasteiger partial charge in [-0.25, -0.2) is 0 Å². The number of aromatic hydroxyl groups is 1. The van der Waals surface area contributed by atoms with Gasteiger partial charge in [0.05, 0.1) is 12.5 Å². The number of nitrogens with two attached hydrogens (primary N) is 1. The maximum atomic E-state index is 12.4. The summed E-state index contributed by atoms with van der Waals surface area (Å²) in [6, 6.07) is 2.37. The van der Waals surface area contributed by atoms with E-state index >= 15 is 0 Å². The SMILES string of the molecule is COC(=O)C(C)(C)[C@H](N)c1cc(SC(F)(F)F)ccc1O. The summed E-state index contributed by atoms with van der Waals surface area (Å²) < 4.78 is 41.8. The fraction of sp³-hybridized carbons (Fsp3) is 0.462. The van der Waals surface area contributed by atoms with Crippen LogP contribution in [0.2, 0.25) is 0 Å². The summed E-state index contributed by atoms with van der Waals surface area (Å²) in [5, 5.41) is 9.80. The molecule has 0 unspecified atom stereocenters. The molecule has 0 aliphatic carbocycles. The Morgan fingerprint density at radius 1 is 1.38 bits per heavy atom. The predicted octanol–water partition coefficient (Wildman–Crippen LogP) is 3.20. The number of benzene rings is 1. The summed E-state index contributed by atoms with van der Waals surface area (Å²) in [4.78, 5) is 11.6. The molecule has 1 atom stereocenters. The molecule has 3 N–H and O–H groups in total. The van der Waals surface area contributed by atoms with Gasteiger partial charge in [0.2, 0.25) is 0 Å². The zero-order valence-corrected chi connectivity index (χ0v) is 12.5. The molecule has 0 radical (unpaired) electrons. The number of hydrogen-bond acceptors (Lipinski definition) is 5. The normalized spacial score (nSPS) is 13.9. The predicted molar refractivity (Wildman–Crippen MR) is 72.7 cm³/mol. The van der Waals surface area contributed by atoms with Crippen LogP contribution in [-0.2, 0) is 9.53 Å². The number of rotatable bonds is 4. The lowest BCUT2D eigenvalue weighted by Crippen LogP contribution is -2.37. The molecule has 118 valence electrons. The van der Waals surface area contributed by atoms with Crippen LogP contribution < -0.4 is 5.73 Å². The molecule has 1 aromatic carbocycles. The minimum absolute atomic E-state index is 0.0552. The summed E-state index contributed by atoms with van der Waals surface area (Å²) in [5.74, 6) is -0.894. The van der Waals surface area contributed by atoms with Gasteiger partial charge < -0.3 is 15.6 Å². The smallest absolute Gasteiger partial charge is 0.446 e. The molecule has 0 fully saturated rings. The highest BCUT2D eigenvalue weighted by Crippen LogP contribution is 2.42. The number of halogens is 3. The molecule has 0 heterocycles. The molecular weight excluding hydrogens is 307 g/mol. The number of phenolic OH excluding ortho intramolecular Hbond substituents is 1. The zero-order valence-electron chi connectivity index (χ0n) is 11.7. The van der Waals surface area contributed by atoms with E-state index in [-0.39, 0.29) is 28.0 Å². The Hall–Kier alpha value is -1.41. The van der Waals surface area contributed by atoms with E-state index in [0.29, 0.717) is 0 Å². The first-order valence-electron chi connectivity index (χ1n) is 5.91. The Kier molecular flexibility index (Phi) is 5.16. The van der Waals surface area contributed by atoms with Gasteiger partial charge in [-0.1, -0.05) is 0 Å². The van der Waals surface area contributed by atoms with Crippen LogP contribution in [-0.4, -0.2) is 23.7 Å². The van der Waals surface area contributed by atoms with Crippen molar-refractivity contribution in [3.8, 4) is 5.75 Å². The highest BCUT2D eigenvalue weighted by Gasteiger charge is 2.38. The van der Waals surface area contributed by atoms with Crippen LogP contribution in [0.15, 0.2) is 23.1 Å². The molecular formula is C13H16F3NO3S. The number of phenols is 1. The van der Waals surface area contributed by atoms with Crippen LogP contribution in [0.5, 0.6) is 5.75 Å². The first kappa shape index (κ1) is 17.6. The maximum absolute atomic E-state index is 12.4. The van der Waals surface area contributed by atoms with E-state index < -0.39 is 22.9 Å². The number of esters is 1. The number of carbonyl (C=O) groups is 1. The van der Waals surface area contributed by atoms with Crippen LogP contribution in [0, 0.1) is 5.41 Å². The molecule has 0 bridgehead atoms. The van der Waals surface area contributed by atoms with Gasteiger partial charge >= 0.3 is 11.5 Å². The molecule has 0 aliphatic rings. The highest BCUT2D eigenvalue weighted by molar-refractivity contribution is 8.00. The molecule has 0 aromatic heterocycles. The van der Waals surface area contributed by atoms with E-state index in [1.165, 1.54) is 21.0 Å². The second-order valence-corrected chi connectivity index (χ2v) is 6.10. The number of methoxy groups -OCH3 is 1. The minimum Gasteiger partial charge on any atom is -0.508 e. The number of ether oxygens (including phenoxy) is 1. The molecule has 21 heavy (non-hydrogen) atoms. The van der Waals surface area contributed by atoms with Gasteiger partial charge in [-0.05, 0) is 43.8 Å². The Bertz CT molecular complexity index is 532. The number of alkyl halides is 3. The third-order valence-corrected chi connectivity index (χ3v) is 3.78. The van der Waals surface area contributed by atoms with Crippen molar-refractivity contribution < 1.29 is 27.8 Å². The second kappa shape index (κ2) is 6.15. The molecule has 0 amide bonds. The largest absolute Gasteiger partial charge is 0.508 e. The third kappa shape index (κ3) is 4.28. The summed E-state index contributed by atoms with van der Waals surface area (Å²) in [6.07, 6.45) is 0. The molecule has 0 spiro atoms. The van der Waals surface area contributed by atoms with Crippen LogP contribution in [0.25, 0.3) is 0 Å². The van der Waals surface area contributed by atoms with Crippen LogP contribution >= 0.6 is 11.8 Å². The Morgan fingerprint density at radius 3 is 2.43 bits per heavy atom. The van der Waals surface area contributed by atoms with Crippen molar-refractivity contribution >= 4 is 17.7 Å². The van der Waals surface area contributed by atoms with E-state index in [1.807, 2.05) is 0 Å². The van der Waals surface area contributed by atoms with Gasteiger partial charge in [-0.15, -0.1) is 0 Å². The van der Waals surface area contributed by atoms with Crippen LogP contribution in [0.4, 0.5) is 13.2 Å². The van der Waals surface area contributed by atoms with Crippen LogP contribution in [0.1, 0.15) is 25.5 Å². The molecule has 0 saturated heterocycles. The van der Waals surface area contributed by atoms with Gasteiger partial charge in [-0.3, -0.25) is 4.79 Å². The molecule has 1 aromatic rings. The molecule has 0 aliphatic heterocycles. The number of carbonyl (C=O) groups excluding carboxylic acids is 1. The zero-order chi connectivity index (χ0) is 16.4. The fourth-order valence-corrected chi connectivity index (χ4v) is 2.35. The average molecular weight is 323 g/mol. The second-order valence-electron chi connectivity index (χ2n) is 4.96. The van der Waals surface area contributed by atoms with Gasteiger partial charge in [0, 0.05) is 16.5 Å². The summed E-state index contributed by atoms with van der Waals surface area (Å²) in [6.45, 7) is 2.99. The van der Waals surface area contributed by atoms with E-state index in [0.717, 1.165) is 18.2 Å². The molecule has 0 saturated carbocycles. The first-order valence-corrected chi connectivity index (χ1v) is 6.73. The lowest BCUT2D eigenvalue weighted by atomic mass is 9.81. The highest BCUT2D eigenvalue weighted by atomic mass is 32.2. The minimum atomic E-state index is -4.45. The number of hydrogen-bond donors (Lipinski definition) is 2. The molecule has 8 heteroatoms. The summed E-state index contributed by atoms with van der Waals surface area (Å²) in [5.41, 5.74) is 0.338. The van der Waals surface area contributed by atoms with Gasteiger partial charge in [0.15, 0.2) is 0 Å². The molecule has 1 rings (SSSR count). The van der Waals surface area contributed by atoms with Crippen molar-refractivity contribution in [2.45, 2.75) is 30.3 Å².